The van der Waals surface area contributed by atoms with Crippen molar-refractivity contribution in [3.8, 4) is 0 Å². The summed E-state index contributed by atoms with van der Waals surface area (Å²) in [5.41, 5.74) is 2.02. The molecule has 3 amide bonds. The van der Waals surface area contributed by atoms with Gasteiger partial charge in [-0.2, -0.15) is 0 Å². The van der Waals surface area contributed by atoms with E-state index >= 15 is 0 Å². The van der Waals surface area contributed by atoms with Crippen molar-refractivity contribution in [1.82, 2.24) is 61.3 Å². The Kier molecular flexibility index (Phi) is 15.8. The van der Waals surface area contributed by atoms with E-state index in [-0.39, 0.29) is 78.0 Å². The zero-order valence-electron chi connectivity index (χ0n) is 36.8. The van der Waals surface area contributed by atoms with Crippen molar-refractivity contribution >= 4 is 34.5 Å². The fourth-order valence-electron chi connectivity index (χ4n) is 7.17. The van der Waals surface area contributed by atoms with Crippen LogP contribution < -0.4 is 31.4 Å². The number of Topliss-reactive ketones (excluding diaryl/α,β-unsaturated/α-hetero) is 1. The standard InChI is InChI=1S/C15H21N5O2.C13H26N4O.C13H23N3O3/c1-15(2,3)19-8-11(9-19)16-14(21)10-22-20-13-7-5-4-6-12(13)17-18-20;1-13(2,3)17-8-11(9-17)15-12(18)10-16-6-4-14-5-7-16;1-13(2,3)16-5-9(6-16)15-12(18)4-14-10-7-19-8-11(10)17/h4-7,11H,8-10H2,1-3H3,(H,16,21);11,14H,4-10H2,1-3H3,(H,15,18);9-10,14H,4-8H2,1-3H3,(H,15,18). The van der Waals surface area contributed by atoms with Crippen molar-refractivity contribution in [2.75, 3.05) is 98.4 Å². The van der Waals surface area contributed by atoms with Gasteiger partial charge in [-0.25, -0.2) is 0 Å². The maximum Gasteiger partial charge on any atom is 0.261 e. The van der Waals surface area contributed by atoms with Crippen molar-refractivity contribution in [2.45, 2.75) is 103 Å². The third-order valence-corrected chi connectivity index (χ3v) is 11.2. The number of hydrogen-bond donors (Lipinski definition) is 5. The van der Waals surface area contributed by atoms with E-state index < -0.39 is 0 Å². The second-order valence-corrected chi connectivity index (χ2v) is 19.2. The molecule has 0 aliphatic carbocycles. The molecule has 0 saturated carbocycles. The number of ketones is 1. The Hall–Kier alpha value is -3.78. The second-order valence-electron chi connectivity index (χ2n) is 19.2. The van der Waals surface area contributed by atoms with Crippen LogP contribution in [0.1, 0.15) is 62.3 Å². The predicted molar refractivity (Wildman–Crippen MR) is 226 cm³/mol. The third-order valence-electron chi connectivity index (χ3n) is 11.2. The predicted octanol–water partition coefficient (Wildman–Crippen LogP) is -0.908. The van der Waals surface area contributed by atoms with Crippen molar-refractivity contribution in [3.63, 3.8) is 0 Å². The molecule has 1 atom stereocenters. The number of rotatable bonds is 11. The van der Waals surface area contributed by atoms with Crippen LogP contribution in [0.2, 0.25) is 0 Å². The number of fused-ring (bicyclic) bond motifs is 1. The minimum Gasteiger partial charge on any atom is -0.385 e. The molecule has 5 fully saturated rings. The summed E-state index contributed by atoms with van der Waals surface area (Å²) in [5, 5.41) is 23.1. The van der Waals surface area contributed by atoms with Crippen molar-refractivity contribution in [2.24, 2.45) is 0 Å². The lowest BCUT2D eigenvalue weighted by Gasteiger charge is -2.47. The van der Waals surface area contributed by atoms with Gasteiger partial charge in [0.1, 0.15) is 17.6 Å². The number of nitrogens with one attached hydrogen (secondary N) is 5. The van der Waals surface area contributed by atoms with E-state index in [4.69, 9.17) is 9.57 Å². The summed E-state index contributed by atoms with van der Waals surface area (Å²) in [6, 6.07) is 7.90. The van der Waals surface area contributed by atoms with E-state index in [9.17, 15) is 19.2 Å². The van der Waals surface area contributed by atoms with Gasteiger partial charge >= 0.3 is 0 Å². The molecule has 5 saturated heterocycles. The Bertz CT molecular complexity index is 1690. The Morgan fingerprint density at radius 1 is 0.763 bits per heavy atom. The van der Waals surface area contributed by atoms with Gasteiger partial charge < -0.3 is 30.8 Å². The summed E-state index contributed by atoms with van der Waals surface area (Å²) in [7, 11) is 0. The number of para-hydroxylation sites is 1. The Labute approximate surface area is 349 Å². The fourth-order valence-corrected chi connectivity index (χ4v) is 7.17. The lowest BCUT2D eigenvalue weighted by molar-refractivity contribution is -0.129. The molecule has 18 heteroatoms. The van der Waals surface area contributed by atoms with Crippen LogP contribution in [-0.2, 0) is 23.9 Å². The minimum atomic E-state index is -0.321. The van der Waals surface area contributed by atoms with Crippen LogP contribution in [0.5, 0.6) is 0 Å². The van der Waals surface area contributed by atoms with E-state index in [1.165, 1.54) is 4.85 Å². The summed E-state index contributed by atoms with van der Waals surface area (Å²) in [6.45, 7) is 30.3. The molecule has 1 unspecified atom stereocenters. The van der Waals surface area contributed by atoms with Crippen LogP contribution in [0, 0.1) is 0 Å². The number of hydrogen-bond acceptors (Lipinski definition) is 14. The first-order valence-electron chi connectivity index (χ1n) is 21.1. The molecule has 5 aliphatic heterocycles. The number of carbonyl (C=O) groups is 4. The quantitative estimate of drug-likeness (QED) is 0.187. The first kappa shape index (κ1) is 46.3. The lowest BCUT2D eigenvalue weighted by Crippen LogP contribution is -2.65. The van der Waals surface area contributed by atoms with Crippen LogP contribution in [0.15, 0.2) is 24.3 Å². The summed E-state index contributed by atoms with van der Waals surface area (Å²) in [4.78, 5) is 62.8. The molecule has 330 valence electrons. The number of benzene rings is 1. The van der Waals surface area contributed by atoms with Crippen LogP contribution in [0.3, 0.4) is 0 Å². The molecule has 7 rings (SSSR count). The van der Waals surface area contributed by atoms with Gasteiger partial charge in [0.25, 0.3) is 5.91 Å². The van der Waals surface area contributed by atoms with E-state index in [1.54, 1.807) is 0 Å². The molecule has 5 N–H and O–H groups in total. The number of amides is 3. The molecule has 1 aromatic heterocycles. The zero-order valence-corrected chi connectivity index (χ0v) is 36.8. The van der Waals surface area contributed by atoms with Crippen LogP contribution in [0.25, 0.3) is 11.0 Å². The van der Waals surface area contributed by atoms with E-state index in [1.807, 2.05) is 24.3 Å². The Morgan fingerprint density at radius 2 is 1.27 bits per heavy atom. The minimum absolute atomic E-state index is 0.0235. The van der Waals surface area contributed by atoms with Crippen molar-refractivity contribution in [1.29, 1.82) is 0 Å². The van der Waals surface area contributed by atoms with Gasteiger partial charge in [0.05, 0.1) is 43.9 Å². The van der Waals surface area contributed by atoms with Crippen LogP contribution >= 0.6 is 0 Å². The fraction of sp³-hybridized carbons (Fsp3) is 0.756. The van der Waals surface area contributed by atoms with E-state index in [0.29, 0.717) is 19.2 Å². The summed E-state index contributed by atoms with van der Waals surface area (Å²) in [6.07, 6.45) is 0. The summed E-state index contributed by atoms with van der Waals surface area (Å²) < 4.78 is 5.02. The summed E-state index contributed by atoms with van der Waals surface area (Å²) in [5.74, 6) is 0.00205. The van der Waals surface area contributed by atoms with Crippen molar-refractivity contribution in [3.05, 3.63) is 24.3 Å². The number of nitrogens with zero attached hydrogens (tertiary/aromatic N) is 7. The maximum atomic E-state index is 11.9. The molecule has 2 aromatic rings. The molecule has 0 radical (unpaired) electrons. The largest absolute Gasteiger partial charge is 0.385 e. The normalized spacial score (nSPS) is 21.6. The average Bonchev–Trinajstić information content (AvgIpc) is 3.72. The highest BCUT2D eigenvalue weighted by Crippen LogP contribution is 2.22. The number of ether oxygens (including phenoxy) is 1. The molecule has 5 aliphatic rings. The summed E-state index contributed by atoms with van der Waals surface area (Å²) >= 11 is 0. The highest BCUT2D eigenvalue weighted by Gasteiger charge is 2.37. The molecule has 0 bridgehead atoms. The first-order valence-corrected chi connectivity index (χ1v) is 21.1. The van der Waals surface area contributed by atoms with E-state index in [0.717, 1.165) is 76.5 Å². The Morgan fingerprint density at radius 3 is 1.78 bits per heavy atom. The molecular formula is C41H70N12O6. The van der Waals surface area contributed by atoms with Gasteiger partial charge in [-0.05, 0) is 79.7 Å². The monoisotopic (exact) mass is 827 g/mol. The van der Waals surface area contributed by atoms with Crippen LogP contribution in [-0.4, -0.2) is 197 Å². The number of likely N-dealkylation sites (tertiary alicyclic amines) is 3. The molecule has 18 nitrogen and oxygen atoms in total. The number of carbonyl (C=O) groups excluding carboxylic acids is 4. The maximum absolute atomic E-state index is 11.9. The number of piperazine rings is 1. The smallest absolute Gasteiger partial charge is 0.261 e. The van der Waals surface area contributed by atoms with Gasteiger partial charge in [-0.3, -0.25) is 44.1 Å². The zero-order chi connectivity index (χ0) is 43.0. The second kappa shape index (κ2) is 20.2. The molecule has 6 heterocycles. The third kappa shape index (κ3) is 14.2. The van der Waals surface area contributed by atoms with Crippen molar-refractivity contribution < 1.29 is 28.8 Å². The SMILES string of the molecule is CC(C)(C)N1CC(NC(=O)CN2CCNCC2)C1.CC(C)(C)N1CC(NC(=O)CNC2COCC2=O)C1.CC(C)(C)N1CC(NC(=O)COn2nnc3ccccc32)C1. The Balaban J connectivity index is 0.000000169. The van der Waals surface area contributed by atoms with Gasteiger partial charge in [0.15, 0.2) is 12.4 Å². The van der Waals surface area contributed by atoms with E-state index in [2.05, 4.69) is 119 Å². The average molecular weight is 827 g/mol. The highest BCUT2D eigenvalue weighted by atomic mass is 16.7. The van der Waals surface area contributed by atoms with Gasteiger partial charge in [-0.15, -0.1) is 5.10 Å². The van der Waals surface area contributed by atoms with Gasteiger partial charge in [-0.1, -0.05) is 17.0 Å². The van der Waals surface area contributed by atoms with Gasteiger partial charge in [0.2, 0.25) is 11.8 Å². The number of aromatic nitrogens is 3. The first-order chi connectivity index (χ1) is 27.7. The molecule has 59 heavy (non-hydrogen) atoms. The molecule has 1 aromatic carbocycles. The molecule has 0 spiro atoms. The lowest BCUT2D eigenvalue weighted by atomic mass is 9.97. The topological polar surface area (TPSA) is 191 Å². The molecular weight excluding hydrogens is 757 g/mol. The highest BCUT2D eigenvalue weighted by molar-refractivity contribution is 5.88. The van der Waals surface area contributed by atoms with Crippen LogP contribution in [0.4, 0.5) is 0 Å². The van der Waals surface area contributed by atoms with Gasteiger partial charge in [0, 0.05) is 82.1 Å².